The number of nitriles is 1. The summed E-state index contributed by atoms with van der Waals surface area (Å²) in [6, 6.07) is 9.95. The third-order valence-electron chi connectivity index (χ3n) is 4.46. The van der Waals surface area contributed by atoms with E-state index in [1.807, 2.05) is 29.2 Å². The minimum atomic E-state index is 0.194. The van der Waals surface area contributed by atoms with E-state index in [1.165, 1.54) is 0 Å². The minimum absolute atomic E-state index is 0.194. The molecule has 0 bridgehead atoms. The smallest absolute Gasteiger partial charge is 0.236 e. The SMILES string of the molecule is N#Cc1ccccc1N1CCN(CC(=O)N2CCOCC2)CC1. The molecule has 0 aliphatic carbocycles. The van der Waals surface area contributed by atoms with Gasteiger partial charge >= 0.3 is 0 Å². The average Bonchev–Trinajstić information content (AvgIpc) is 2.63. The van der Waals surface area contributed by atoms with E-state index in [-0.39, 0.29) is 5.91 Å². The molecule has 1 aromatic rings. The van der Waals surface area contributed by atoms with Crippen LogP contribution in [0.1, 0.15) is 5.56 Å². The molecular weight excluding hydrogens is 292 g/mol. The lowest BCUT2D eigenvalue weighted by Gasteiger charge is -2.37. The van der Waals surface area contributed by atoms with E-state index in [4.69, 9.17) is 4.74 Å². The summed E-state index contributed by atoms with van der Waals surface area (Å²) in [5, 5.41) is 9.22. The lowest BCUT2D eigenvalue weighted by atomic mass is 10.1. The Labute approximate surface area is 136 Å². The lowest BCUT2D eigenvalue weighted by molar-refractivity contribution is -0.136. The Morgan fingerprint density at radius 3 is 2.48 bits per heavy atom. The Morgan fingerprint density at radius 2 is 1.78 bits per heavy atom. The van der Waals surface area contributed by atoms with Crippen LogP contribution in [0.2, 0.25) is 0 Å². The molecule has 0 spiro atoms. The summed E-state index contributed by atoms with van der Waals surface area (Å²) >= 11 is 0. The summed E-state index contributed by atoms with van der Waals surface area (Å²) < 4.78 is 5.28. The van der Waals surface area contributed by atoms with Crippen molar-refractivity contribution in [2.75, 3.05) is 63.9 Å². The number of hydrogen-bond donors (Lipinski definition) is 0. The predicted molar refractivity (Wildman–Crippen MR) is 87.2 cm³/mol. The van der Waals surface area contributed by atoms with Gasteiger partial charge in [-0.2, -0.15) is 5.26 Å². The highest BCUT2D eigenvalue weighted by atomic mass is 16.5. The van der Waals surface area contributed by atoms with Crippen molar-refractivity contribution in [1.82, 2.24) is 9.80 Å². The molecule has 1 aromatic carbocycles. The van der Waals surface area contributed by atoms with E-state index in [0.29, 0.717) is 38.4 Å². The second kappa shape index (κ2) is 7.44. The molecule has 3 rings (SSSR count). The molecule has 0 aromatic heterocycles. The molecule has 2 heterocycles. The summed E-state index contributed by atoms with van der Waals surface area (Å²) in [5.74, 6) is 0.194. The van der Waals surface area contributed by atoms with Crippen LogP contribution in [-0.4, -0.2) is 74.7 Å². The number of benzene rings is 1. The summed E-state index contributed by atoms with van der Waals surface area (Å²) in [6.07, 6.45) is 0. The monoisotopic (exact) mass is 314 g/mol. The highest BCUT2D eigenvalue weighted by molar-refractivity contribution is 5.78. The van der Waals surface area contributed by atoms with Crippen LogP contribution in [0.4, 0.5) is 5.69 Å². The molecule has 2 aliphatic heterocycles. The van der Waals surface area contributed by atoms with Crippen LogP contribution in [0.5, 0.6) is 0 Å². The first kappa shape index (κ1) is 15.8. The number of hydrogen-bond acceptors (Lipinski definition) is 5. The number of carbonyl (C=O) groups is 1. The van der Waals surface area contributed by atoms with Crippen LogP contribution >= 0.6 is 0 Å². The molecule has 122 valence electrons. The molecule has 1 amide bonds. The van der Waals surface area contributed by atoms with Crippen molar-refractivity contribution in [3.63, 3.8) is 0 Å². The number of anilines is 1. The Hall–Kier alpha value is -2.10. The van der Waals surface area contributed by atoms with E-state index in [2.05, 4.69) is 15.9 Å². The van der Waals surface area contributed by atoms with Crippen LogP contribution in [0.15, 0.2) is 24.3 Å². The first-order chi connectivity index (χ1) is 11.3. The zero-order valence-electron chi connectivity index (χ0n) is 13.3. The van der Waals surface area contributed by atoms with Gasteiger partial charge in [-0.05, 0) is 12.1 Å². The highest BCUT2D eigenvalue weighted by Crippen LogP contribution is 2.21. The van der Waals surface area contributed by atoms with Crippen LogP contribution < -0.4 is 4.90 Å². The summed E-state index contributed by atoms with van der Waals surface area (Å²) in [7, 11) is 0. The van der Waals surface area contributed by atoms with E-state index in [0.717, 1.165) is 31.9 Å². The molecule has 0 radical (unpaired) electrons. The van der Waals surface area contributed by atoms with Crippen molar-refractivity contribution in [1.29, 1.82) is 5.26 Å². The maximum Gasteiger partial charge on any atom is 0.236 e. The Balaban J connectivity index is 1.52. The molecular formula is C17H22N4O2. The van der Waals surface area contributed by atoms with Gasteiger partial charge in [0.15, 0.2) is 0 Å². The Kier molecular flexibility index (Phi) is 5.11. The van der Waals surface area contributed by atoms with Gasteiger partial charge in [0, 0.05) is 39.3 Å². The van der Waals surface area contributed by atoms with Gasteiger partial charge in [0.1, 0.15) is 6.07 Å². The molecule has 6 heteroatoms. The second-order valence-corrected chi connectivity index (χ2v) is 5.89. The molecule has 0 atom stereocenters. The summed E-state index contributed by atoms with van der Waals surface area (Å²) in [6.45, 7) is 6.54. The lowest BCUT2D eigenvalue weighted by Crippen LogP contribution is -2.51. The minimum Gasteiger partial charge on any atom is -0.378 e. The van der Waals surface area contributed by atoms with E-state index >= 15 is 0 Å². The fraction of sp³-hybridized carbons (Fsp3) is 0.529. The van der Waals surface area contributed by atoms with Crippen molar-refractivity contribution >= 4 is 11.6 Å². The van der Waals surface area contributed by atoms with Crippen molar-refractivity contribution in [3.8, 4) is 6.07 Å². The van der Waals surface area contributed by atoms with Gasteiger partial charge in [0.25, 0.3) is 0 Å². The van der Waals surface area contributed by atoms with E-state index < -0.39 is 0 Å². The molecule has 2 fully saturated rings. The van der Waals surface area contributed by atoms with E-state index in [9.17, 15) is 10.1 Å². The fourth-order valence-electron chi connectivity index (χ4n) is 3.09. The zero-order valence-corrected chi connectivity index (χ0v) is 13.3. The summed E-state index contributed by atoms with van der Waals surface area (Å²) in [4.78, 5) is 18.6. The topological polar surface area (TPSA) is 59.8 Å². The number of para-hydroxylation sites is 1. The van der Waals surface area contributed by atoms with Crippen molar-refractivity contribution in [2.45, 2.75) is 0 Å². The van der Waals surface area contributed by atoms with Crippen molar-refractivity contribution < 1.29 is 9.53 Å². The quantitative estimate of drug-likeness (QED) is 0.815. The van der Waals surface area contributed by atoms with Crippen LogP contribution in [0.3, 0.4) is 0 Å². The maximum atomic E-state index is 12.3. The number of ether oxygens (including phenoxy) is 1. The first-order valence-corrected chi connectivity index (χ1v) is 8.10. The van der Waals surface area contributed by atoms with Gasteiger partial charge in [-0.25, -0.2) is 0 Å². The number of nitrogens with zero attached hydrogens (tertiary/aromatic N) is 4. The number of rotatable bonds is 3. The number of morpholine rings is 1. The van der Waals surface area contributed by atoms with Gasteiger partial charge in [-0.1, -0.05) is 12.1 Å². The highest BCUT2D eigenvalue weighted by Gasteiger charge is 2.23. The Morgan fingerprint density at radius 1 is 1.09 bits per heavy atom. The number of carbonyl (C=O) groups excluding carboxylic acids is 1. The molecule has 2 aliphatic rings. The molecule has 23 heavy (non-hydrogen) atoms. The standard InChI is InChI=1S/C17H22N4O2/c18-13-15-3-1-2-4-16(15)20-7-5-19(6-8-20)14-17(22)21-9-11-23-12-10-21/h1-4H,5-12,14H2. The van der Waals surface area contributed by atoms with Crippen LogP contribution in [0, 0.1) is 11.3 Å². The number of amides is 1. The molecule has 0 saturated carbocycles. The van der Waals surface area contributed by atoms with Crippen molar-refractivity contribution in [3.05, 3.63) is 29.8 Å². The maximum absolute atomic E-state index is 12.3. The number of piperazine rings is 1. The second-order valence-electron chi connectivity index (χ2n) is 5.89. The van der Waals surface area contributed by atoms with Gasteiger partial charge in [0.05, 0.1) is 31.0 Å². The molecule has 0 N–H and O–H groups in total. The molecule has 2 saturated heterocycles. The normalized spacial score (nSPS) is 19.4. The predicted octanol–water partition coefficient (Wildman–Crippen LogP) is 0.539. The van der Waals surface area contributed by atoms with Gasteiger partial charge in [-0.15, -0.1) is 0 Å². The average molecular weight is 314 g/mol. The van der Waals surface area contributed by atoms with Crippen molar-refractivity contribution in [2.24, 2.45) is 0 Å². The first-order valence-electron chi connectivity index (χ1n) is 8.10. The molecule has 0 unspecified atom stereocenters. The summed E-state index contributed by atoms with van der Waals surface area (Å²) in [5.41, 5.74) is 1.71. The van der Waals surface area contributed by atoms with E-state index in [1.54, 1.807) is 0 Å². The van der Waals surface area contributed by atoms with Crippen LogP contribution in [-0.2, 0) is 9.53 Å². The van der Waals surface area contributed by atoms with Gasteiger partial charge in [-0.3, -0.25) is 9.69 Å². The molecule has 6 nitrogen and oxygen atoms in total. The van der Waals surface area contributed by atoms with Crippen LogP contribution in [0.25, 0.3) is 0 Å². The fourth-order valence-corrected chi connectivity index (χ4v) is 3.09. The van der Waals surface area contributed by atoms with Gasteiger partial charge < -0.3 is 14.5 Å². The third-order valence-corrected chi connectivity index (χ3v) is 4.46. The largest absolute Gasteiger partial charge is 0.378 e. The zero-order chi connectivity index (χ0) is 16.1. The third kappa shape index (κ3) is 3.81. The Bertz CT molecular complexity index is 585. The van der Waals surface area contributed by atoms with Gasteiger partial charge in [0.2, 0.25) is 5.91 Å².